The van der Waals surface area contributed by atoms with E-state index in [1.165, 1.54) is 21.5 Å². The van der Waals surface area contributed by atoms with Crippen molar-refractivity contribution in [3.8, 4) is 11.0 Å². The molecule has 4 rings (SSSR count). The van der Waals surface area contributed by atoms with Gasteiger partial charge in [-0.3, -0.25) is 0 Å². The Morgan fingerprint density at radius 3 is 1.94 bits per heavy atom. The number of carbonyl (C=O) groups excluding carboxylic acids is 2. The van der Waals surface area contributed by atoms with Crippen LogP contribution in [0, 0.1) is 11.3 Å². The van der Waals surface area contributed by atoms with Gasteiger partial charge in [-0.2, -0.15) is 18.4 Å². The van der Waals surface area contributed by atoms with Gasteiger partial charge < -0.3 is 9.47 Å². The molecule has 3 aromatic carbocycles. The van der Waals surface area contributed by atoms with Crippen molar-refractivity contribution in [3.63, 3.8) is 0 Å². The molecule has 0 N–H and O–H groups in total. The molecule has 0 radical (unpaired) electrons. The largest absolute Gasteiger partial charge is 0.450 e. The van der Waals surface area contributed by atoms with E-state index in [4.69, 9.17) is 10.00 Å². The van der Waals surface area contributed by atoms with E-state index in [-0.39, 0.29) is 16.0 Å². The third kappa shape index (κ3) is 4.20. The maximum Gasteiger partial charge on any atom is 0.442 e. The lowest BCUT2D eigenvalue weighted by Crippen LogP contribution is -2.45. The number of benzene rings is 3. The third-order valence-electron chi connectivity index (χ3n) is 5.22. The van der Waals surface area contributed by atoms with Crippen molar-refractivity contribution in [1.29, 1.82) is 5.26 Å². The minimum atomic E-state index is -5.09. The Labute approximate surface area is 194 Å². The van der Waals surface area contributed by atoms with Gasteiger partial charge in [0.05, 0.1) is 5.56 Å². The summed E-state index contributed by atoms with van der Waals surface area (Å²) in [6.45, 7) is -0.634. The van der Waals surface area contributed by atoms with Crippen molar-refractivity contribution in [2.75, 3.05) is 6.61 Å². The number of carbonyl (C=O) groups is 2. The number of ether oxygens (including phenoxy) is 2. The second-order valence-electron chi connectivity index (χ2n) is 7.52. The minimum Gasteiger partial charge on any atom is -0.450 e. The molecule has 0 aliphatic carbocycles. The molecule has 1 heterocycles. The molecular weight excluding hydrogens is 467 g/mol. The lowest BCUT2D eigenvalue weighted by molar-refractivity contribution is -0.244. The van der Waals surface area contributed by atoms with Crippen LogP contribution in [0.2, 0.25) is 0 Å². The zero-order valence-electron chi connectivity index (χ0n) is 17.8. The van der Waals surface area contributed by atoms with Crippen molar-refractivity contribution >= 4 is 42.6 Å². The number of esters is 2. The van der Waals surface area contributed by atoms with E-state index >= 15 is 0 Å². The fourth-order valence-electron chi connectivity index (χ4n) is 3.44. The number of alkyl halides is 3. The Bertz CT molecular complexity index is 1380. The summed E-state index contributed by atoms with van der Waals surface area (Å²) < 4.78 is 49.9. The molecular formula is C25H17F3NO4S+. The molecule has 0 aliphatic heterocycles. The molecule has 9 heteroatoms. The number of fused-ring (bicyclic) bond motifs is 3. The van der Waals surface area contributed by atoms with Crippen LogP contribution in [0.3, 0.4) is 0 Å². The molecule has 0 spiro atoms. The number of nitrogens with zero attached hydrogens (tertiary/aromatic N) is 1. The minimum absolute atomic E-state index is 0.125. The van der Waals surface area contributed by atoms with Gasteiger partial charge in [-0.15, -0.1) is 0 Å². The first-order valence-corrected chi connectivity index (χ1v) is 11.3. The van der Waals surface area contributed by atoms with Crippen LogP contribution in [-0.4, -0.2) is 30.3 Å². The lowest BCUT2D eigenvalue weighted by atomic mass is 10.1. The molecule has 0 aliphatic rings. The van der Waals surface area contributed by atoms with Crippen LogP contribution in [-0.2, 0) is 14.3 Å². The van der Waals surface area contributed by atoms with Gasteiger partial charge in [-0.25, -0.2) is 9.59 Å². The Hall–Kier alpha value is -3.90. The zero-order valence-corrected chi connectivity index (χ0v) is 18.6. The number of thiophene rings is 1. The number of hydrogen-bond acceptors (Lipinski definition) is 5. The first-order valence-electron chi connectivity index (χ1n) is 10.0. The smallest absolute Gasteiger partial charge is 0.442 e. The number of halogens is 3. The highest BCUT2D eigenvalue weighted by Gasteiger charge is 2.55. The molecule has 0 bridgehead atoms. The molecule has 34 heavy (non-hydrogen) atoms. The predicted molar refractivity (Wildman–Crippen MR) is 122 cm³/mol. The second-order valence-corrected chi connectivity index (χ2v) is 9.48. The van der Waals surface area contributed by atoms with Gasteiger partial charge in [-0.05, 0) is 55.5 Å². The molecule has 172 valence electrons. The highest BCUT2D eigenvalue weighted by atomic mass is 32.2. The van der Waals surface area contributed by atoms with Gasteiger partial charge >= 0.3 is 18.1 Å². The first-order chi connectivity index (χ1) is 16.1. The SMILES string of the molecule is CC(C#N)(OC(=O)COC(=O)c1ccc(-[s+]2c3ccccc3c3ccccc32)cc1)C(F)(F)F. The monoisotopic (exact) mass is 484 g/mol. The molecule has 0 saturated carbocycles. The topological polar surface area (TPSA) is 76.4 Å². The molecule has 0 amide bonds. The van der Waals surface area contributed by atoms with E-state index in [1.54, 1.807) is 12.1 Å². The quantitative estimate of drug-likeness (QED) is 0.246. The summed E-state index contributed by atoms with van der Waals surface area (Å²) >= 11 is 0. The molecule has 5 nitrogen and oxygen atoms in total. The maximum absolute atomic E-state index is 12.9. The molecule has 4 aromatic rings. The highest BCUT2D eigenvalue weighted by molar-refractivity contribution is 7.50. The first kappa shape index (κ1) is 23.3. The standard InChI is InChI=1S/C25H17F3NO4S/c1-24(15-29,25(26,27)28)33-22(30)14-32-23(31)16-10-12-17(13-11-16)34-20-8-4-2-6-18(20)19-7-3-5-9-21(19)34/h2-13H,14H2,1H3/q+1. The summed E-state index contributed by atoms with van der Waals surface area (Å²) in [7, 11) is -0.358. The van der Waals surface area contributed by atoms with E-state index in [9.17, 15) is 22.8 Å². The van der Waals surface area contributed by atoms with E-state index in [2.05, 4.69) is 29.0 Å². The van der Waals surface area contributed by atoms with Crippen LogP contribution in [0.15, 0.2) is 72.8 Å². The summed E-state index contributed by atoms with van der Waals surface area (Å²) in [5.74, 6) is -2.38. The number of hydrogen-bond donors (Lipinski definition) is 0. The van der Waals surface area contributed by atoms with Crippen molar-refractivity contribution in [3.05, 3.63) is 78.4 Å². The summed E-state index contributed by atoms with van der Waals surface area (Å²) in [6, 6.07) is 23.8. The molecule has 0 fully saturated rings. The molecule has 0 saturated heterocycles. The van der Waals surface area contributed by atoms with Crippen LogP contribution in [0.25, 0.3) is 25.1 Å². The van der Waals surface area contributed by atoms with Gasteiger partial charge in [0.1, 0.15) is 6.07 Å². The molecule has 1 unspecified atom stereocenters. The van der Waals surface area contributed by atoms with Crippen molar-refractivity contribution in [2.24, 2.45) is 0 Å². The van der Waals surface area contributed by atoms with Gasteiger partial charge in [0.15, 0.2) is 20.9 Å². The molecule has 1 atom stereocenters. The average molecular weight is 484 g/mol. The highest BCUT2D eigenvalue weighted by Crippen LogP contribution is 2.48. The van der Waals surface area contributed by atoms with E-state index in [0.717, 1.165) is 21.7 Å². The van der Waals surface area contributed by atoms with Crippen LogP contribution in [0.4, 0.5) is 13.2 Å². The predicted octanol–water partition coefficient (Wildman–Crippen LogP) is 6.28. The van der Waals surface area contributed by atoms with Crippen LogP contribution >= 0.6 is 10.5 Å². The van der Waals surface area contributed by atoms with Gasteiger partial charge in [-0.1, -0.05) is 24.3 Å². The Morgan fingerprint density at radius 1 is 0.912 bits per heavy atom. The zero-order chi connectivity index (χ0) is 24.5. The summed E-state index contributed by atoms with van der Waals surface area (Å²) in [5, 5.41) is 11.0. The normalized spacial score (nSPS) is 13.3. The Morgan fingerprint density at radius 2 is 1.44 bits per heavy atom. The van der Waals surface area contributed by atoms with Crippen LogP contribution in [0.5, 0.6) is 0 Å². The fourth-order valence-corrected chi connectivity index (χ4v) is 5.82. The number of nitriles is 1. The third-order valence-corrected chi connectivity index (χ3v) is 7.56. The second kappa shape index (κ2) is 8.80. The number of rotatable bonds is 5. The summed E-state index contributed by atoms with van der Waals surface area (Å²) in [5.41, 5.74) is -3.20. The van der Waals surface area contributed by atoms with Crippen molar-refractivity contribution < 1.29 is 32.2 Å². The van der Waals surface area contributed by atoms with E-state index in [1.807, 2.05) is 24.3 Å². The van der Waals surface area contributed by atoms with Gasteiger partial charge in [0.25, 0.3) is 5.60 Å². The van der Waals surface area contributed by atoms with Crippen LogP contribution < -0.4 is 0 Å². The van der Waals surface area contributed by atoms with Crippen molar-refractivity contribution in [2.45, 2.75) is 18.7 Å². The van der Waals surface area contributed by atoms with E-state index in [0.29, 0.717) is 6.92 Å². The Kier molecular flexibility index (Phi) is 6.02. The fraction of sp³-hybridized carbons (Fsp3) is 0.160. The summed E-state index contributed by atoms with van der Waals surface area (Å²) in [4.78, 5) is 25.0. The molecule has 1 aromatic heterocycles. The van der Waals surface area contributed by atoms with Crippen LogP contribution in [0.1, 0.15) is 17.3 Å². The summed E-state index contributed by atoms with van der Waals surface area (Å²) in [6.07, 6.45) is -5.09. The lowest BCUT2D eigenvalue weighted by Gasteiger charge is -2.24. The Balaban J connectivity index is 1.51. The van der Waals surface area contributed by atoms with Gasteiger partial charge in [0.2, 0.25) is 0 Å². The van der Waals surface area contributed by atoms with Crippen molar-refractivity contribution in [1.82, 2.24) is 0 Å². The van der Waals surface area contributed by atoms with E-state index < -0.39 is 30.3 Å². The average Bonchev–Trinajstić information content (AvgIpc) is 3.16. The van der Waals surface area contributed by atoms with Gasteiger partial charge in [0, 0.05) is 21.2 Å². The maximum atomic E-state index is 12.9.